The fraction of sp³-hybridized carbons (Fsp3) is 0.111. The molecule has 2 aromatic rings. The van der Waals surface area contributed by atoms with E-state index in [2.05, 4.69) is 9.72 Å². The molecule has 0 bridgehead atoms. The van der Waals surface area contributed by atoms with Crippen LogP contribution in [-0.2, 0) is 4.74 Å². The number of hydrogen-bond donors (Lipinski definition) is 1. The number of rotatable bonds is 1. The first-order valence-electron chi connectivity index (χ1n) is 3.87. The van der Waals surface area contributed by atoms with Crippen LogP contribution in [-0.4, -0.2) is 23.2 Å². The lowest BCUT2D eigenvalue weighted by molar-refractivity contribution is 0.0600. The van der Waals surface area contributed by atoms with Gasteiger partial charge in [-0.05, 0) is 12.1 Å². The molecule has 0 radical (unpaired) electrons. The van der Waals surface area contributed by atoms with Gasteiger partial charge in [0.15, 0.2) is 17.7 Å². The summed E-state index contributed by atoms with van der Waals surface area (Å²) in [6.45, 7) is 0. The van der Waals surface area contributed by atoms with E-state index in [-0.39, 0.29) is 16.9 Å². The quantitative estimate of drug-likeness (QED) is 0.691. The Hall–Kier alpha value is -2.04. The van der Waals surface area contributed by atoms with Crippen molar-refractivity contribution in [2.45, 2.75) is 0 Å². The molecule has 1 aromatic carbocycles. The Labute approximate surface area is 78.9 Å². The highest BCUT2D eigenvalue weighted by atomic mass is 16.5. The lowest BCUT2D eigenvalue weighted by Crippen LogP contribution is -2.00. The Morgan fingerprint density at radius 3 is 3.07 bits per heavy atom. The van der Waals surface area contributed by atoms with Crippen LogP contribution < -0.4 is 0 Å². The number of oxazole rings is 1. The second-order valence-corrected chi connectivity index (χ2v) is 2.69. The Morgan fingerprint density at radius 2 is 2.36 bits per heavy atom. The molecule has 5 heteroatoms. The summed E-state index contributed by atoms with van der Waals surface area (Å²) >= 11 is 0. The predicted molar refractivity (Wildman–Crippen MR) is 47.0 cm³/mol. The number of aromatic nitrogens is 1. The zero-order valence-corrected chi connectivity index (χ0v) is 7.35. The van der Waals surface area contributed by atoms with Gasteiger partial charge in [0.2, 0.25) is 0 Å². The maximum absolute atomic E-state index is 11.1. The molecular weight excluding hydrogens is 186 g/mol. The molecule has 0 fully saturated rings. The van der Waals surface area contributed by atoms with Gasteiger partial charge in [-0.25, -0.2) is 9.78 Å². The van der Waals surface area contributed by atoms with Gasteiger partial charge in [0, 0.05) is 0 Å². The first-order valence-corrected chi connectivity index (χ1v) is 3.87. The van der Waals surface area contributed by atoms with E-state index in [1.54, 1.807) is 0 Å². The van der Waals surface area contributed by atoms with E-state index in [0.717, 1.165) is 0 Å². The van der Waals surface area contributed by atoms with E-state index in [1.165, 1.54) is 25.6 Å². The number of phenolic OH excluding ortho intramolecular Hbond substituents is 1. The summed E-state index contributed by atoms with van der Waals surface area (Å²) in [5.41, 5.74) is 0.925. The number of carbonyl (C=O) groups is 1. The van der Waals surface area contributed by atoms with Gasteiger partial charge in [0.25, 0.3) is 0 Å². The molecule has 0 saturated heterocycles. The summed E-state index contributed by atoms with van der Waals surface area (Å²) in [4.78, 5) is 15.0. The zero-order valence-electron chi connectivity index (χ0n) is 7.35. The molecule has 0 amide bonds. The Balaban J connectivity index is 2.64. The molecule has 0 spiro atoms. The largest absolute Gasteiger partial charge is 0.504 e. The fourth-order valence-electron chi connectivity index (χ4n) is 1.19. The molecule has 14 heavy (non-hydrogen) atoms. The molecule has 2 rings (SSSR count). The van der Waals surface area contributed by atoms with E-state index in [9.17, 15) is 9.90 Å². The monoisotopic (exact) mass is 193 g/mol. The summed E-state index contributed by atoms with van der Waals surface area (Å²) in [6, 6.07) is 2.77. The summed E-state index contributed by atoms with van der Waals surface area (Å²) in [7, 11) is 1.27. The van der Waals surface area contributed by atoms with Crippen LogP contribution in [0.1, 0.15) is 10.4 Å². The first kappa shape index (κ1) is 8.55. The Kier molecular flexibility index (Phi) is 1.85. The van der Waals surface area contributed by atoms with Crippen LogP contribution in [0.15, 0.2) is 22.9 Å². The number of ether oxygens (including phenoxy) is 1. The smallest absolute Gasteiger partial charge is 0.338 e. The van der Waals surface area contributed by atoms with Crippen LogP contribution in [0.3, 0.4) is 0 Å². The maximum Gasteiger partial charge on any atom is 0.338 e. The zero-order chi connectivity index (χ0) is 10.1. The lowest BCUT2D eigenvalue weighted by atomic mass is 10.2. The number of fused-ring (bicyclic) bond motifs is 1. The van der Waals surface area contributed by atoms with E-state index >= 15 is 0 Å². The Bertz CT molecular complexity index is 489. The average molecular weight is 193 g/mol. The van der Waals surface area contributed by atoms with Gasteiger partial charge in [0.05, 0.1) is 12.7 Å². The molecule has 0 aliphatic heterocycles. The normalized spacial score (nSPS) is 10.4. The average Bonchev–Trinajstić information content (AvgIpc) is 2.64. The summed E-state index contributed by atoms with van der Waals surface area (Å²) < 4.78 is 9.41. The van der Waals surface area contributed by atoms with Gasteiger partial charge >= 0.3 is 5.97 Å². The van der Waals surface area contributed by atoms with Gasteiger partial charge in [0.1, 0.15) is 5.52 Å². The number of nitrogens with zero attached hydrogens (tertiary/aromatic N) is 1. The van der Waals surface area contributed by atoms with Crippen molar-refractivity contribution in [2.75, 3.05) is 7.11 Å². The topological polar surface area (TPSA) is 72.6 Å². The highest BCUT2D eigenvalue weighted by molar-refractivity contribution is 5.95. The molecule has 72 valence electrons. The second-order valence-electron chi connectivity index (χ2n) is 2.69. The number of carbonyl (C=O) groups excluding carboxylic acids is 1. The van der Waals surface area contributed by atoms with E-state index in [0.29, 0.717) is 5.52 Å². The number of methoxy groups -OCH3 is 1. The standard InChI is InChI=1S/C9H7NO4/c1-13-9(12)5-2-6-8(7(11)3-5)14-4-10-6/h2-4,11H,1H3. The minimum atomic E-state index is -0.523. The van der Waals surface area contributed by atoms with Crippen LogP contribution in [0, 0.1) is 0 Å². The van der Waals surface area contributed by atoms with Crippen molar-refractivity contribution in [1.29, 1.82) is 0 Å². The summed E-state index contributed by atoms with van der Waals surface area (Å²) in [5, 5.41) is 9.44. The van der Waals surface area contributed by atoms with E-state index in [4.69, 9.17) is 4.42 Å². The summed E-state index contributed by atoms with van der Waals surface area (Å²) in [5.74, 6) is -0.648. The third kappa shape index (κ3) is 1.19. The number of phenols is 1. The molecule has 1 aromatic heterocycles. The molecule has 0 aliphatic carbocycles. The van der Waals surface area contributed by atoms with Crippen molar-refractivity contribution in [3.8, 4) is 5.75 Å². The third-order valence-corrected chi connectivity index (χ3v) is 1.83. The number of hydrogen-bond acceptors (Lipinski definition) is 5. The van der Waals surface area contributed by atoms with Gasteiger partial charge in [-0.2, -0.15) is 0 Å². The van der Waals surface area contributed by atoms with Gasteiger partial charge in [-0.3, -0.25) is 0 Å². The predicted octanol–water partition coefficient (Wildman–Crippen LogP) is 1.32. The van der Waals surface area contributed by atoms with Crippen LogP contribution in [0.5, 0.6) is 5.75 Å². The molecule has 0 saturated carbocycles. The van der Waals surface area contributed by atoms with Crippen LogP contribution >= 0.6 is 0 Å². The number of benzene rings is 1. The van der Waals surface area contributed by atoms with Crippen LogP contribution in [0.4, 0.5) is 0 Å². The van der Waals surface area contributed by atoms with Crippen molar-refractivity contribution in [3.63, 3.8) is 0 Å². The number of esters is 1. The maximum atomic E-state index is 11.1. The third-order valence-electron chi connectivity index (χ3n) is 1.83. The van der Waals surface area contributed by atoms with Crippen molar-refractivity contribution < 1.29 is 19.1 Å². The summed E-state index contributed by atoms with van der Waals surface area (Å²) in [6.07, 6.45) is 1.20. The fourth-order valence-corrected chi connectivity index (χ4v) is 1.19. The van der Waals surface area contributed by atoms with E-state index < -0.39 is 5.97 Å². The molecular formula is C9H7NO4. The molecule has 1 heterocycles. The first-order chi connectivity index (χ1) is 6.72. The number of aromatic hydroxyl groups is 1. The lowest BCUT2D eigenvalue weighted by Gasteiger charge is -1.99. The highest BCUT2D eigenvalue weighted by Gasteiger charge is 2.12. The van der Waals surface area contributed by atoms with Gasteiger partial charge in [-0.15, -0.1) is 0 Å². The van der Waals surface area contributed by atoms with Crippen molar-refractivity contribution >= 4 is 17.1 Å². The van der Waals surface area contributed by atoms with E-state index in [1.807, 2.05) is 0 Å². The molecule has 0 atom stereocenters. The minimum Gasteiger partial charge on any atom is -0.504 e. The van der Waals surface area contributed by atoms with Crippen LogP contribution in [0.2, 0.25) is 0 Å². The molecule has 5 nitrogen and oxygen atoms in total. The second kappa shape index (κ2) is 3.02. The van der Waals surface area contributed by atoms with Crippen molar-refractivity contribution in [1.82, 2.24) is 4.98 Å². The Morgan fingerprint density at radius 1 is 1.57 bits per heavy atom. The SMILES string of the molecule is COC(=O)c1cc(O)c2ocnc2c1. The van der Waals surface area contributed by atoms with Gasteiger partial charge < -0.3 is 14.3 Å². The van der Waals surface area contributed by atoms with Crippen molar-refractivity contribution in [3.05, 3.63) is 24.1 Å². The molecule has 0 unspecified atom stereocenters. The van der Waals surface area contributed by atoms with Crippen LogP contribution in [0.25, 0.3) is 11.1 Å². The minimum absolute atomic E-state index is 0.125. The van der Waals surface area contributed by atoms with Crippen molar-refractivity contribution in [2.24, 2.45) is 0 Å². The molecule has 0 aliphatic rings. The molecule has 1 N–H and O–H groups in total. The highest BCUT2D eigenvalue weighted by Crippen LogP contribution is 2.25. The van der Waals surface area contributed by atoms with Gasteiger partial charge in [-0.1, -0.05) is 0 Å².